The van der Waals surface area contributed by atoms with Gasteiger partial charge in [0, 0.05) is 50.6 Å². The van der Waals surface area contributed by atoms with E-state index in [1.807, 2.05) is 12.1 Å². The van der Waals surface area contributed by atoms with E-state index in [9.17, 15) is 0 Å². The number of halogens is 1. The van der Waals surface area contributed by atoms with Crippen molar-refractivity contribution in [1.82, 2.24) is 15.1 Å². The molecule has 29 heavy (non-hydrogen) atoms. The Morgan fingerprint density at radius 2 is 2.10 bits per heavy atom. The number of furan rings is 1. The number of ether oxygens (including phenoxy) is 1. The highest BCUT2D eigenvalue weighted by Crippen LogP contribution is 2.19. The van der Waals surface area contributed by atoms with E-state index >= 15 is 0 Å². The zero-order valence-electron chi connectivity index (χ0n) is 16.8. The van der Waals surface area contributed by atoms with Gasteiger partial charge in [-0.15, -0.1) is 35.3 Å². The van der Waals surface area contributed by atoms with E-state index < -0.39 is 0 Å². The van der Waals surface area contributed by atoms with Gasteiger partial charge >= 0.3 is 0 Å². The number of morpholine rings is 1. The van der Waals surface area contributed by atoms with Gasteiger partial charge in [0.2, 0.25) is 0 Å². The van der Waals surface area contributed by atoms with Crippen LogP contribution in [0.25, 0.3) is 0 Å². The summed E-state index contributed by atoms with van der Waals surface area (Å²) in [5, 5.41) is 5.69. The number of thiophene rings is 1. The number of aliphatic imine (C=N–C) groups is 1. The highest BCUT2D eigenvalue weighted by Gasteiger charge is 2.27. The van der Waals surface area contributed by atoms with Crippen molar-refractivity contribution in [2.45, 2.75) is 19.4 Å². The summed E-state index contributed by atoms with van der Waals surface area (Å²) in [6, 6.07) is 8.21. The van der Waals surface area contributed by atoms with Gasteiger partial charge in [0.1, 0.15) is 5.76 Å². The Hall–Kier alpha value is -1.10. The van der Waals surface area contributed by atoms with Crippen molar-refractivity contribution < 1.29 is 9.15 Å². The Morgan fingerprint density at radius 3 is 2.86 bits per heavy atom. The molecule has 4 rings (SSSR count). The van der Waals surface area contributed by atoms with Crippen LogP contribution >= 0.6 is 35.3 Å². The van der Waals surface area contributed by atoms with E-state index in [0.717, 1.165) is 70.6 Å². The predicted molar refractivity (Wildman–Crippen MR) is 128 cm³/mol. The lowest BCUT2D eigenvalue weighted by Crippen LogP contribution is -2.43. The first-order chi connectivity index (χ1) is 13.9. The van der Waals surface area contributed by atoms with E-state index in [-0.39, 0.29) is 24.0 Å². The van der Waals surface area contributed by atoms with Crippen molar-refractivity contribution in [1.29, 1.82) is 0 Å². The molecule has 4 heterocycles. The topological polar surface area (TPSA) is 53.2 Å². The van der Waals surface area contributed by atoms with Crippen LogP contribution in [-0.2, 0) is 17.7 Å². The molecular formula is C21H31IN4O2S. The Kier molecular flexibility index (Phi) is 9.29. The van der Waals surface area contributed by atoms with Crippen LogP contribution in [0.5, 0.6) is 0 Å². The summed E-state index contributed by atoms with van der Waals surface area (Å²) >= 11 is 1.77. The van der Waals surface area contributed by atoms with Crippen LogP contribution in [0.4, 0.5) is 0 Å². The minimum absolute atomic E-state index is 0. The molecule has 0 radical (unpaired) electrons. The molecule has 6 nitrogen and oxygen atoms in total. The van der Waals surface area contributed by atoms with Crippen molar-refractivity contribution >= 4 is 41.3 Å². The van der Waals surface area contributed by atoms with Crippen LogP contribution in [0.2, 0.25) is 0 Å². The minimum Gasteiger partial charge on any atom is -0.469 e. The highest BCUT2D eigenvalue weighted by atomic mass is 127. The van der Waals surface area contributed by atoms with Crippen molar-refractivity contribution in [3.05, 3.63) is 46.5 Å². The zero-order valence-corrected chi connectivity index (χ0v) is 19.9. The van der Waals surface area contributed by atoms with Crippen molar-refractivity contribution in [2.75, 3.05) is 52.5 Å². The molecule has 1 atom stereocenters. The second kappa shape index (κ2) is 11.9. The number of likely N-dealkylation sites (tertiary alicyclic amines) is 1. The third-order valence-electron chi connectivity index (χ3n) is 5.40. The van der Waals surface area contributed by atoms with Crippen LogP contribution < -0.4 is 5.32 Å². The van der Waals surface area contributed by atoms with Crippen LogP contribution in [0.3, 0.4) is 0 Å². The maximum atomic E-state index is 5.48. The molecule has 0 aliphatic carbocycles. The summed E-state index contributed by atoms with van der Waals surface area (Å²) in [5.74, 6) is 2.75. The third-order valence-corrected chi connectivity index (χ3v) is 6.27. The summed E-state index contributed by atoms with van der Waals surface area (Å²) in [5.41, 5.74) is 0. The fraction of sp³-hybridized carbons (Fsp3) is 0.571. The molecule has 0 amide bonds. The van der Waals surface area contributed by atoms with Crippen LogP contribution in [0, 0.1) is 5.92 Å². The van der Waals surface area contributed by atoms with Crippen LogP contribution in [0.1, 0.15) is 17.1 Å². The van der Waals surface area contributed by atoms with E-state index in [0.29, 0.717) is 5.92 Å². The summed E-state index contributed by atoms with van der Waals surface area (Å²) in [4.78, 5) is 11.2. The Bertz CT molecular complexity index is 717. The van der Waals surface area contributed by atoms with Crippen molar-refractivity contribution in [2.24, 2.45) is 10.9 Å². The average molecular weight is 530 g/mol. The van der Waals surface area contributed by atoms with Crippen LogP contribution in [0.15, 0.2) is 45.3 Å². The Balaban J connectivity index is 0.00000240. The van der Waals surface area contributed by atoms with E-state index in [1.54, 1.807) is 17.6 Å². The molecule has 0 spiro atoms. The van der Waals surface area contributed by atoms with Gasteiger partial charge in [0.15, 0.2) is 5.96 Å². The Morgan fingerprint density at radius 1 is 1.21 bits per heavy atom. The second-order valence-electron chi connectivity index (χ2n) is 7.49. The maximum Gasteiger partial charge on any atom is 0.194 e. The lowest BCUT2D eigenvalue weighted by molar-refractivity contribution is 0.0315. The summed E-state index contributed by atoms with van der Waals surface area (Å²) in [6.45, 7) is 8.78. The first-order valence-corrected chi connectivity index (χ1v) is 11.1. The largest absolute Gasteiger partial charge is 0.469 e. The maximum absolute atomic E-state index is 5.48. The van der Waals surface area contributed by atoms with Crippen LogP contribution in [-0.4, -0.2) is 68.2 Å². The van der Waals surface area contributed by atoms with Gasteiger partial charge in [-0.1, -0.05) is 6.07 Å². The molecule has 2 aliphatic rings. The number of guanidine groups is 1. The summed E-state index contributed by atoms with van der Waals surface area (Å²) < 4.78 is 10.9. The number of rotatable bonds is 7. The molecule has 0 saturated carbocycles. The molecule has 0 bridgehead atoms. The van der Waals surface area contributed by atoms with Gasteiger partial charge < -0.3 is 19.4 Å². The highest BCUT2D eigenvalue weighted by molar-refractivity contribution is 14.0. The molecule has 2 aliphatic heterocycles. The monoisotopic (exact) mass is 530 g/mol. The SMILES string of the molecule is I.c1coc(CCNC(=NCc2cccs2)N2CCC(CN3CCOCC3)C2)c1. The van der Waals surface area contributed by atoms with E-state index in [4.69, 9.17) is 14.1 Å². The lowest BCUT2D eigenvalue weighted by atomic mass is 10.1. The number of nitrogens with zero attached hydrogens (tertiary/aromatic N) is 3. The van der Waals surface area contributed by atoms with Crippen molar-refractivity contribution in [3.63, 3.8) is 0 Å². The molecule has 8 heteroatoms. The molecule has 0 aromatic carbocycles. The van der Waals surface area contributed by atoms with Gasteiger partial charge in [-0.05, 0) is 35.9 Å². The molecule has 2 fully saturated rings. The molecule has 2 aromatic rings. The standard InChI is InChI=1S/C21H30N4O2S.HI/c1-3-19(27-11-1)5-7-22-21(23-15-20-4-2-14-28-20)25-8-6-18(17-25)16-24-9-12-26-13-10-24;/h1-4,11,14,18H,5-10,12-13,15-17H2,(H,22,23);1H. The first kappa shape index (κ1) is 22.6. The fourth-order valence-corrected chi connectivity index (χ4v) is 4.53. The average Bonchev–Trinajstić information content (AvgIpc) is 3.48. The Labute approximate surface area is 194 Å². The lowest BCUT2D eigenvalue weighted by Gasteiger charge is -2.29. The number of hydrogen-bond acceptors (Lipinski definition) is 5. The van der Waals surface area contributed by atoms with Crippen molar-refractivity contribution in [3.8, 4) is 0 Å². The van der Waals surface area contributed by atoms with E-state index in [1.165, 1.54) is 17.8 Å². The molecular weight excluding hydrogens is 499 g/mol. The third kappa shape index (κ3) is 6.97. The summed E-state index contributed by atoms with van der Waals surface area (Å²) in [7, 11) is 0. The molecule has 1 N–H and O–H groups in total. The fourth-order valence-electron chi connectivity index (χ4n) is 3.90. The number of hydrogen-bond donors (Lipinski definition) is 1. The first-order valence-electron chi connectivity index (χ1n) is 10.2. The normalized spacial score (nSPS) is 20.6. The predicted octanol–water partition coefficient (Wildman–Crippen LogP) is 3.30. The van der Waals surface area contributed by atoms with Gasteiger partial charge in [0.25, 0.3) is 0 Å². The van der Waals surface area contributed by atoms with Gasteiger partial charge in [0.05, 0.1) is 26.0 Å². The number of nitrogens with one attached hydrogen (secondary N) is 1. The quantitative estimate of drug-likeness (QED) is 0.339. The van der Waals surface area contributed by atoms with Gasteiger partial charge in [-0.3, -0.25) is 4.90 Å². The van der Waals surface area contributed by atoms with Gasteiger partial charge in [-0.2, -0.15) is 0 Å². The zero-order chi connectivity index (χ0) is 19.0. The van der Waals surface area contributed by atoms with E-state index in [2.05, 4.69) is 32.6 Å². The molecule has 160 valence electrons. The molecule has 1 unspecified atom stereocenters. The molecule has 2 saturated heterocycles. The second-order valence-corrected chi connectivity index (χ2v) is 8.52. The smallest absolute Gasteiger partial charge is 0.194 e. The minimum atomic E-state index is 0. The van der Waals surface area contributed by atoms with Gasteiger partial charge in [-0.25, -0.2) is 4.99 Å². The molecule has 2 aromatic heterocycles. The summed E-state index contributed by atoms with van der Waals surface area (Å²) in [6.07, 6.45) is 3.84.